The van der Waals surface area contributed by atoms with Gasteiger partial charge in [0.1, 0.15) is 5.75 Å². The summed E-state index contributed by atoms with van der Waals surface area (Å²) in [5.41, 5.74) is 1.27. The van der Waals surface area contributed by atoms with Crippen molar-refractivity contribution in [1.29, 1.82) is 0 Å². The van der Waals surface area contributed by atoms with Crippen LogP contribution in [-0.2, 0) is 0 Å². The number of ether oxygens (including phenoxy) is 1. The van der Waals surface area contributed by atoms with Crippen molar-refractivity contribution in [3.05, 3.63) is 28.2 Å². The van der Waals surface area contributed by atoms with Gasteiger partial charge in [0.05, 0.1) is 7.11 Å². The van der Waals surface area contributed by atoms with Gasteiger partial charge in [0.15, 0.2) is 0 Å². The van der Waals surface area contributed by atoms with Gasteiger partial charge in [-0.15, -0.1) is 0 Å². The van der Waals surface area contributed by atoms with E-state index in [0.29, 0.717) is 11.8 Å². The Morgan fingerprint density at radius 3 is 2.36 bits per heavy atom. The number of halogens is 1. The first-order valence-corrected chi connectivity index (χ1v) is 5.69. The minimum absolute atomic E-state index is 0.516. The van der Waals surface area contributed by atoms with Gasteiger partial charge in [0, 0.05) is 4.47 Å². The summed E-state index contributed by atoms with van der Waals surface area (Å²) < 4.78 is 6.46. The van der Waals surface area contributed by atoms with Crippen LogP contribution in [0.1, 0.15) is 32.3 Å². The maximum Gasteiger partial charge on any atom is 0.122 e. The van der Waals surface area contributed by atoms with Gasteiger partial charge in [-0.25, -0.2) is 0 Å². The zero-order chi connectivity index (χ0) is 10.7. The SMILES string of the molecule is COc1ccc(Br)cc1C(C)C(C)C. The molecule has 1 aromatic rings. The first-order valence-electron chi connectivity index (χ1n) is 4.89. The van der Waals surface area contributed by atoms with Crippen LogP contribution in [0.2, 0.25) is 0 Å². The topological polar surface area (TPSA) is 9.23 Å². The van der Waals surface area contributed by atoms with Gasteiger partial charge in [-0.3, -0.25) is 0 Å². The van der Waals surface area contributed by atoms with Crippen LogP contribution >= 0.6 is 15.9 Å². The lowest BCUT2D eigenvalue weighted by Crippen LogP contribution is -2.04. The van der Waals surface area contributed by atoms with Crippen LogP contribution in [0.3, 0.4) is 0 Å². The molecular formula is C12H17BrO. The first-order chi connectivity index (χ1) is 6.56. The molecule has 0 aromatic heterocycles. The minimum atomic E-state index is 0.516. The fourth-order valence-corrected chi connectivity index (χ4v) is 1.80. The van der Waals surface area contributed by atoms with Gasteiger partial charge in [0.2, 0.25) is 0 Å². The third-order valence-corrected chi connectivity index (χ3v) is 3.18. The van der Waals surface area contributed by atoms with Gasteiger partial charge in [-0.05, 0) is 35.6 Å². The van der Waals surface area contributed by atoms with Crippen molar-refractivity contribution in [1.82, 2.24) is 0 Å². The monoisotopic (exact) mass is 256 g/mol. The van der Waals surface area contributed by atoms with Gasteiger partial charge < -0.3 is 4.74 Å². The van der Waals surface area contributed by atoms with Crippen molar-refractivity contribution in [3.8, 4) is 5.75 Å². The lowest BCUT2D eigenvalue weighted by molar-refractivity contribution is 0.398. The number of hydrogen-bond acceptors (Lipinski definition) is 1. The number of rotatable bonds is 3. The number of methoxy groups -OCH3 is 1. The van der Waals surface area contributed by atoms with Crippen molar-refractivity contribution in [3.63, 3.8) is 0 Å². The molecule has 1 nitrogen and oxygen atoms in total. The van der Waals surface area contributed by atoms with E-state index >= 15 is 0 Å². The van der Waals surface area contributed by atoms with Crippen LogP contribution in [0.5, 0.6) is 5.75 Å². The standard InChI is InChI=1S/C12H17BrO/c1-8(2)9(3)11-7-10(13)5-6-12(11)14-4/h5-9H,1-4H3. The van der Waals surface area contributed by atoms with Crippen LogP contribution < -0.4 is 4.74 Å². The largest absolute Gasteiger partial charge is 0.496 e. The smallest absolute Gasteiger partial charge is 0.122 e. The Balaban J connectivity index is 3.10. The molecule has 0 fully saturated rings. The summed E-state index contributed by atoms with van der Waals surface area (Å²) in [7, 11) is 1.72. The Kier molecular flexibility index (Phi) is 3.99. The lowest BCUT2D eigenvalue weighted by Gasteiger charge is -2.19. The second-order valence-electron chi connectivity index (χ2n) is 3.92. The summed E-state index contributed by atoms with van der Waals surface area (Å²) in [6, 6.07) is 6.16. The molecule has 0 heterocycles. The van der Waals surface area contributed by atoms with E-state index in [9.17, 15) is 0 Å². The molecule has 0 N–H and O–H groups in total. The summed E-state index contributed by atoms with van der Waals surface area (Å²) in [6.07, 6.45) is 0. The molecule has 0 spiro atoms. The van der Waals surface area contributed by atoms with E-state index < -0.39 is 0 Å². The first kappa shape index (κ1) is 11.6. The van der Waals surface area contributed by atoms with Gasteiger partial charge in [0.25, 0.3) is 0 Å². The van der Waals surface area contributed by atoms with E-state index in [1.807, 2.05) is 12.1 Å². The minimum Gasteiger partial charge on any atom is -0.496 e. The molecule has 0 aliphatic rings. The Morgan fingerprint density at radius 1 is 1.21 bits per heavy atom. The Morgan fingerprint density at radius 2 is 1.86 bits per heavy atom. The molecular weight excluding hydrogens is 240 g/mol. The van der Waals surface area contributed by atoms with E-state index in [1.165, 1.54) is 5.56 Å². The maximum absolute atomic E-state index is 5.35. The summed E-state index contributed by atoms with van der Waals surface area (Å²) in [4.78, 5) is 0. The van der Waals surface area contributed by atoms with E-state index in [4.69, 9.17) is 4.74 Å². The van der Waals surface area contributed by atoms with E-state index in [0.717, 1.165) is 10.2 Å². The molecule has 1 atom stereocenters. The fraction of sp³-hybridized carbons (Fsp3) is 0.500. The van der Waals surface area contributed by atoms with Crippen LogP contribution in [0.4, 0.5) is 0 Å². The van der Waals surface area contributed by atoms with Crippen LogP contribution in [0.15, 0.2) is 22.7 Å². The quantitative estimate of drug-likeness (QED) is 0.787. The third kappa shape index (κ3) is 2.50. The van der Waals surface area contributed by atoms with Crippen LogP contribution in [0.25, 0.3) is 0 Å². The molecule has 0 bridgehead atoms. The molecule has 0 amide bonds. The fourth-order valence-electron chi connectivity index (χ4n) is 1.42. The molecule has 0 aliphatic carbocycles. The average Bonchev–Trinajstić information content (AvgIpc) is 2.16. The second-order valence-corrected chi connectivity index (χ2v) is 4.83. The third-order valence-electron chi connectivity index (χ3n) is 2.68. The predicted molar refractivity (Wildman–Crippen MR) is 63.9 cm³/mol. The number of benzene rings is 1. The highest BCUT2D eigenvalue weighted by molar-refractivity contribution is 9.10. The Bertz CT molecular complexity index is 307. The molecule has 14 heavy (non-hydrogen) atoms. The number of hydrogen-bond donors (Lipinski definition) is 0. The Hall–Kier alpha value is -0.500. The van der Waals surface area contributed by atoms with Crippen molar-refractivity contribution in [2.75, 3.05) is 7.11 Å². The normalized spacial score (nSPS) is 13.0. The molecule has 1 unspecified atom stereocenters. The molecule has 1 rings (SSSR count). The molecule has 0 saturated heterocycles. The molecule has 0 radical (unpaired) electrons. The van der Waals surface area contributed by atoms with E-state index in [-0.39, 0.29) is 0 Å². The van der Waals surface area contributed by atoms with Gasteiger partial charge in [-0.2, -0.15) is 0 Å². The van der Waals surface area contributed by atoms with Crippen molar-refractivity contribution in [2.45, 2.75) is 26.7 Å². The van der Waals surface area contributed by atoms with Crippen molar-refractivity contribution >= 4 is 15.9 Å². The van der Waals surface area contributed by atoms with E-state index in [1.54, 1.807) is 7.11 Å². The van der Waals surface area contributed by atoms with Gasteiger partial charge in [-0.1, -0.05) is 36.7 Å². The van der Waals surface area contributed by atoms with Crippen molar-refractivity contribution < 1.29 is 4.74 Å². The maximum atomic E-state index is 5.35. The van der Waals surface area contributed by atoms with Crippen LogP contribution in [-0.4, -0.2) is 7.11 Å². The summed E-state index contributed by atoms with van der Waals surface area (Å²) in [5, 5.41) is 0. The predicted octanol–water partition coefficient (Wildman–Crippen LogP) is 4.22. The highest BCUT2D eigenvalue weighted by atomic mass is 79.9. The average molecular weight is 257 g/mol. The lowest BCUT2D eigenvalue weighted by atomic mass is 9.90. The second kappa shape index (κ2) is 4.83. The van der Waals surface area contributed by atoms with E-state index in [2.05, 4.69) is 42.8 Å². The highest BCUT2D eigenvalue weighted by Crippen LogP contribution is 2.33. The van der Waals surface area contributed by atoms with Gasteiger partial charge >= 0.3 is 0 Å². The Labute approximate surface area is 94.6 Å². The van der Waals surface area contributed by atoms with Crippen molar-refractivity contribution in [2.24, 2.45) is 5.92 Å². The van der Waals surface area contributed by atoms with Crippen LogP contribution in [0, 0.1) is 5.92 Å². The zero-order valence-corrected chi connectivity index (χ0v) is 10.8. The molecule has 0 aliphatic heterocycles. The summed E-state index contributed by atoms with van der Waals surface area (Å²) in [6.45, 7) is 6.69. The summed E-state index contributed by atoms with van der Waals surface area (Å²) in [5.74, 6) is 2.12. The molecule has 78 valence electrons. The molecule has 0 saturated carbocycles. The highest BCUT2D eigenvalue weighted by Gasteiger charge is 2.14. The summed E-state index contributed by atoms with van der Waals surface area (Å²) >= 11 is 3.49. The molecule has 1 aromatic carbocycles. The molecule has 2 heteroatoms. The zero-order valence-electron chi connectivity index (χ0n) is 9.17.